The Morgan fingerprint density at radius 2 is 2.26 bits per heavy atom. The zero-order chi connectivity index (χ0) is 14.0. The predicted octanol–water partition coefficient (Wildman–Crippen LogP) is 1.46. The van der Waals surface area contributed by atoms with Crippen molar-refractivity contribution < 1.29 is 19.3 Å². The molecule has 1 heterocycles. The molecule has 0 saturated carbocycles. The SMILES string of the molecule is CC1COC(CO)CN1c1ccc([C@@H](C)O)cc1F. The Hall–Kier alpha value is -1.17. The van der Waals surface area contributed by atoms with Gasteiger partial charge in [0, 0.05) is 12.6 Å². The van der Waals surface area contributed by atoms with Crippen molar-refractivity contribution in [2.24, 2.45) is 0 Å². The molecule has 106 valence electrons. The van der Waals surface area contributed by atoms with E-state index in [2.05, 4.69) is 0 Å². The number of morpholine rings is 1. The molecule has 0 radical (unpaired) electrons. The summed E-state index contributed by atoms with van der Waals surface area (Å²) in [4.78, 5) is 1.89. The van der Waals surface area contributed by atoms with Gasteiger partial charge in [0.15, 0.2) is 0 Å². The second-order valence-corrected chi connectivity index (χ2v) is 5.03. The minimum atomic E-state index is -0.684. The number of hydrogen-bond acceptors (Lipinski definition) is 4. The molecule has 19 heavy (non-hydrogen) atoms. The van der Waals surface area contributed by atoms with Crippen molar-refractivity contribution in [2.45, 2.75) is 32.1 Å². The Labute approximate surface area is 112 Å². The normalized spacial score (nSPS) is 25.4. The molecule has 1 saturated heterocycles. The van der Waals surface area contributed by atoms with Crippen molar-refractivity contribution in [3.63, 3.8) is 0 Å². The molecule has 2 unspecified atom stereocenters. The van der Waals surface area contributed by atoms with Crippen LogP contribution in [0.4, 0.5) is 10.1 Å². The van der Waals surface area contributed by atoms with Gasteiger partial charge in [-0.25, -0.2) is 4.39 Å². The van der Waals surface area contributed by atoms with Crippen LogP contribution in [-0.4, -0.2) is 42.1 Å². The van der Waals surface area contributed by atoms with Crippen LogP contribution in [0.15, 0.2) is 18.2 Å². The average molecular weight is 269 g/mol. The van der Waals surface area contributed by atoms with Crippen LogP contribution in [0.5, 0.6) is 0 Å². The van der Waals surface area contributed by atoms with Gasteiger partial charge in [0.05, 0.1) is 31.1 Å². The molecule has 2 rings (SSSR count). The van der Waals surface area contributed by atoms with E-state index in [-0.39, 0.29) is 24.6 Å². The van der Waals surface area contributed by atoms with Crippen LogP contribution < -0.4 is 4.90 Å². The highest BCUT2D eigenvalue weighted by molar-refractivity contribution is 5.51. The summed E-state index contributed by atoms with van der Waals surface area (Å²) < 4.78 is 19.6. The number of anilines is 1. The highest BCUT2D eigenvalue weighted by Gasteiger charge is 2.27. The number of rotatable bonds is 3. The van der Waals surface area contributed by atoms with Crippen molar-refractivity contribution in [1.82, 2.24) is 0 Å². The summed E-state index contributed by atoms with van der Waals surface area (Å²) in [5.41, 5.74) is 1.04. The van der Waals surface area contributed by atoms with Crippen LogP contribution in [0.25, 0.3) is 0 Å². The number of aliphatic hydroxyl groups excluding tert-OH is 2. The Balaban J connectivity index is 2.24. The zero-order valence-corrected chi connectivity index (χ0v) is 11.2. The highest BCUT2D eigenvalue weighted by Crippen LogP contribution is 2.27. The van der Waals surface area contributed by atoms with Crippen LogP contribution in [0.1, 0.15) is 25.5 Å². The number of aliphatic hydroxyl groups is 2. The van der Waals surface area contributed by atoms with E-state index in [1.54, 1.807) is 19.1 Å². The summed E-state index contributed by atoms with van der Waals surface area (Å²) in [5, 5.41) is 18.6. The van der Waals surface area contributed by atoms with Gasteiger partial charge in [-0.1, -0.05) is 6.07 Å². The van der Waals surface area contributed by atoms with Crippen LogP contribution in [0.2, 0.25) is 0 Å². The van der Waals surface area contributed by atoms with E-state index < -0.39 is 6.10 Å². The first-order valence-electron chi connectivity index (χ1n) is 6.49. The third-order valence-corrected chi connectivity index (χ3v) is 3.47. The summed E-state index contributed by atoms with van der Waals surface area (Å²) in [6, 6.07) is 4.80. The zero-order valence-electron chi connectivity index (χ0n) is 11.2. The molecule has 1 aromatic carbocycles. The van der Waals surface area contributed by atoms with E-state index in [0.29, 0.717) is 24.4 Å². The summed E-state index contributed by atoms with van der Waals surface area (Å²) in [7, 11) is 0. The van der Waals surface area contributed by atoms with Crippen LogP contribution >= 0.6 is 0 Å². The fourth-order valence-electron chi connectivity index (χ4n) is 2.28. The quantitative estimate of drug-likeness (QED) is 0.872. The van der Waals surface area contributed by atoms with E-state index in [4.69, 9.17) is 9.84 Å². The number of nitrogens with zero attached hydrogens (tertiary/aromatic N) is 1. The number of halogens is 1. The van der Waals surface area contributed by atoms with Gasteiger partial charge in [0.25, 0.3) is 0 Å². The lowest BCUT2D eigenvalue weighted by Crippen LogP contribution is -2.50. The van der Waals surface area contributed by atoms with Crippen LogP contribution in [0, 0.1) is 5.82 Å². The Morgan fingerprint density at radius 1 is 1.53 bits per heavy atom. The monoisotopic (exact) mass is 269 g/mol. The molecule has 0 aromatic heterocycles. The van der Waals surface area contributed by atoms with E-state index in [0.717, 1.165) is 0 Å². The first-order valence-corrected chi connectivity index (χ1v) is 6.49. The van der Waals surface area contributed by atoms with Crippen molar-refractivity contribution in [2.75, 3.05) is 24.7 Å². The van der Waals surface area contributed by atoms with Crippen molar-refractivity contribution in [3.05, 3.63) is 29.6 Å². The van der Waals surface area contributed by atoms with Gasteiger partial charge in [-0.2, -0.15) is 0 Å². The summed E-state index contributed by atoms with van der Waals surface area (Å²) >= 11 is 0. The van der Waals surface area contributed by atoms with Crippen LogP contribution in [0.3, 0.4) is 0 Å². The van der Waals surface area contributed by atoms with E-state index in [1.165, 1.54) is 6.07 Å². The molecule has 1 aliphatic heterocycles. The molecule has 1 aromatic rings. The predicted molar refractivity (Wildman–Crippen MR) is 70.7 cm³/mol. The average Bonchev–Trinajstić information content (AvgIpc) is 2.39. The molecule has 0 amide bonds. The first kappa shape index (κ1) is 14.2. The van der Waals surface area contributed by atoms with Crippen molar-refractivity contribution >= 4 is 5.69 Å². The van der Waals surface area contributed by atoms with Crippen molar-refractivity contribution in [1.29, 1.82) is 0 Å². The van der Waals surface area contributed by atoms with E-state index >= 15 is 0 Å². The third kappa shape index (κ3) is 3.05. The lowest BCUT2D eigenvalue weighted by Gasteiger charge is -2.39. The number of hydrogen-bond donors (Lipinski definition) is 2. The standard InChI is InChI=1S/C14H20FNO3/c1-9-8-19-12(7-17)6-16(9)14-4-3-11(10(2)18)5-13(14)15/h3-5,9-10,12,17-18H,6-8H2,1-2H3/t9?,10-,12?/m1/s1. The van der Waals surface area contributed by atoms with Gasteiger partial charge in [-0.05, 0) is 31.5 Å². The van der Waals surface area contributed by atoms with E-state index in [9.17, 15) is 9.50 Å². The van der Waals surface area contributed by atoms with Gasteiger partial charge >= 0.3 is 0 Å². The fourth-order valence-corrected chi connectivity index (χ4v) is 2.28. The van der Waals surface area contributed by atoms with Crippen molar-refractivity contribution in [3.8, 4) is 0 Å². The van der Waals surface area contributed by atoms with Gasteiger partial charge in [-0.3, -0.25) is 0 Å². The maximum atomic E-state index is 14.1. The Morgan fingerprint density at radius 3 is 2.84 bits per heavy atom. The van der Waals surface area contributed by atoms with Gasteiger partial charge in [0.2, 0.25) is 0 Å². The molecule has 1 fully saturated rings. The van der Waals surface area contributed by atoms with E-state index in [1.807, 2.05) is 11.8 Å². The lowest BCUT2D eigenvalue weighted by atomic mass is 10.1. The topological polar surface area (TPSA) is 52.9 Å². The van der Waals surface area contributed by atoms with Gasteiger partial charge < -0.3 is 19.8 Å². The molecular formula is C14H20FNO3. The molecule has 5 heteroatoms. The molecular weight excluding hydrogens is 249 g/mol. The lowest BCUT2D eigenvalue weighted by molar-refractivity contribution is -0.0105. The third-order valence-electron chi connectivity index (χ3n) is 3.47. The molecule has 1 aliphatic rings. The first-order chi connectivity index (χ1) is 9.02. The largest absolute Gasteiger partial charge is 0.394 e. The molecule has 0 aliphatic carbocycles. The van der Waals surface area contributed by atoms with Gasteiger partial charge in [-0.15, -0.1) is 0 Å². The van der Waals surface area contributed by atoms with Gasteiger partial charge in [0.1, 0.15) is 5.82 Å². The Kier molecular flexibility index (Phi) is 4.39. The molecule has 0 spiro atoms. The number of ether oxygens (including phenoxy) is 1. The maximum Gasteiger partial charge on any atom is 0.146 e. The minimum Gasteiger partial charge on any atom is -0.394 e. The highest BCUT2D eigenvalue weighted by atomic mass is 19.1. The summed E-state index contributed by atoms with van der Waals surface area (Å²) in [6.45, 7) is 4.41. The minimum absolute atomic E-state index is 0.0506. The molecule has 3 atom stereocenters. The Bertz CT molecular complexity index is 439. The summed E-state index contributed by atoms with van der Waals surface area (Å²) in [5.74, 6) is -0.358. The molecule has 0 bridgehead atoms. The second kappa shape index (κ2) is 5.86. The van der Waals surface area contributed by atoms with Crippen LogP contribution in [-0.2, 0) is 4.74 Å². The smallest absolute Gasteiger partial charge is 0.146 e. The fraction of sp³-hybridized carbons (Fsp3) is 0.571. The molecule has 2 N–H and O–H groups in total. The molecule has 4 nitrogen and oxygen atoms in total. The number of benzene rings is 1. The maximum absolute atomic E-state index is 14.1. The summed E-state index contributed by atoms with van der Waals surface area (Å²) in [6.07, 6.45) is -0.970. The second-order valence-electron chi connectivity index (χ2n) is 5.03.